The maximum absolute atomic E-state index is 5.27. The van der Waals surface area contributed by atoms with E-state index in [-0.39, 0.29) is 0 Å². The number of oxazole rings is 1. The summed E-state index contributed by atoms with van der Waals surface area (Å²) in [7, 11) is 0. The topological polar surface area (TPSA) is 38.9 Å². The van der Waals surface area contributed by atoms with Gasteiger partial charge in [0, 0.05) is 12.6 Å². The molecule has 4 heteroatoms. The van der Waals surface area contributed by atoms with Crippen LogP contribution in [0, 0.1) is 5.38 Å². The maximum Gasteiger partial charge on any atom is 0.194 e. The lowest BCUT2D eigenvalue weighted by atomic mass is 10.3. The number of thiazole rings is 1. The van der Waals surface area contributed by atoms with Gasteiger partial charge < -0.3 is 4.42 Å². The predicted molar refractivity (Wildman–Crippen MR) is 50.4 cm³/mol. The van der Waals surface area contributed by atoms with Crippen LogP contribution >= 0.6 is 11.3 Å². The average molecular weight is 193 g/mol. The van der Waals surface area contributed by atoms with E-state index in [2.05, 4.69) is 22.3 Å². The Hall–Kier alpha value is -1.16. The summed E-state index contributed by atoms with van der Waals surface area (Å²) in [5, 5.41) is 3.79. The molecule has 0 atom stereocenters. The fourth-order valence-electron chi connectivity index (χ4n) is 1.05. The second-order valence-electron chi connectivity index (χ2n) is 2.66. The number of hydrogen-bond donors (Lipinski definition) is 0. The number of hydrogen-bond acceptors (Lipinski definition) is 4. The van der Waals surface area contributed by atoms with Crippen molar-refractivity contribution >= 4 is 11.3 Å². The smallest absolute Gasteiger partial charge is 0.194 e. The van der Waals surface area contributed by atoms with Crippen LogP contribution in [0.1, 0.15) is 19.2 Å². The quantitative estimate of drug-likeness (QED) is 0.752. The van der Waals surface area contributed by atoms with Gasteiger partial charge in [-0.3, -0.25) is 0 Å². The molecular weight excluding hydrogens is 184 g/mol. The molecule has 0 spiro atoms. The molecule has 0 amide bonds. The monoisotopic (exact) mass is 193 g/mol. The predicted octanol–water partition coefficient (Wildman–Crippen LogP) is 2.55. The van der Waals surface area contributed by atoms with Crippen LogP contribution < -0.4 is 0 Å². The third kappa shape index (κ3) is 1.78. The van der Waals surface area contributed by atoms with E-state index in [1.165, 1.54) is 11.3 Å². The molecule has 2 heterocycles. The second kappa shape index (κ2) is 3.70. The summed E-state index contributed by atoms with van der Waals surface area (Å²) in [6.07, 6.45) is 5.23. The zero-order chi connectivity index (χ0) is 9.10. The van der Waals surface area contributed by atoms with Gasteiger partial charge in [0.2, 0.25) is 0 Å². The van der Waals surface area contributed by atoms with Crippen molar-refractivity contribution in [3.63, 3.8) is 0 Å². The molecule has 13 heavy (non-hydrogen) atoms. The van der Waals surface area contributed by atoms with Crippen LogP contribution in [0.2, 0.25) is 0 Å². The summed E-state index contributed by atoms with van der Waals surface area (Å²) in [6, 6.07) is 0. The van der Waals surface area contributed by atoms with Gasteiger partial charge in [0.15, 0.2) is 5.89 Å². The van der Waals surface area contributed by atoms with Crippen LogP contribution in [0.5, 0.6) is 0 Å². The Bertz CT molecular complexity index is 367. The molecule has 2 rings (SSSR count). The molecule has 0 aliphatic heterocycles. The van der Waals surface area contributed by atoms with Gasteiger partial charge >= 0.3 is 0 Å². The highest BCUT2D eigenvalue weighted by molar-refractivity contribution is 7.12. The average Bonchev–Trinajstić information content (AvgIpc) is 2.70. The highest BCUT2D eigenvalue weighted by Gasteiger charge is 2.06. The van der Waals surface area contributed by atoms with E-state index in [1.807, 2.05) is 0 Å². The molecule has 67 valence electrons. The van der Waals surface area contributed by atoms with Crippen LogP contribution in [-0.4, -0.2) is 9.97 Å². The Morgan fingerprint density at radius 3 is 3.23 bits per heavy atom. The minimum absolute atomic E-state index is 0.785. The van der Waals surface area contributed by atoms with Crippen molar-refractivity contribution in [1.29, 1.82) is 0 Å². The SMILES string of the molecule is CCCc1nc(-c2nc[c]s2)co1. The number of aromatic nitrogens is 2. The van der Waals surface area contributed by atoms with Crippen molar-refractivity contribution in [2.75, 3.05) is 0 Å². The molecule has 1 radical (unpaired) electrons. The first-order chi connectivity index (χ1) is 6.40. The Balaban J connectivity index is 2.23. The summed E-state index contributed by atoms with van der Waals surface area (Å²) in [5.41, 5.74) is 0.815. The van der Waals surface area contributed by atoms with Gasteiger partial charge in [-0.15, -0.1) is 11.3 Å². The molecule has 3 nitrogen and oxygen atoms in total. The van der Waals surface area contributed by atoms with E-state index in [9.17, 15) is 0 Å². The fourth-order valence-corrected chi connectivity index (χ4v) is 1.57. The number of rotatable bonds is 3. The zero-order valence-corrected chi connectivity index (χ0v) is 8.10. The molecule has 0 saturated carbocycles. The number of aryl methyl sites for hydroxylation is 1. The van der Waals surface area contributed by atoms with E-state index < -0.39 is 0 Å². The summed E-state index contributed by atoms with van der Waals surface area (Å²) in [4.78, 5) is 8.40. The van der Waals surface area contributed by atoms with Gasteiger partial charge in [-0.05, 0) is 6.42 Å². The molecule has 0 aliphatic carbocycles. The minimum Gasteiger partial charge on any atom is -0.448 e. The van der Waals surface area contributed by atoms with Gasteiger partial charge in [0.25, 0.3) is 0 Å². The highest BCUT2D eigenvalue weighted by Crippen LogP contribution is 2.20. The Kier molecular flexibility index (Phi) is 2.40. The van der Waals surface area contributed by atoms with Crippen LogP contribution in [0.15, 0.2) is 16.9 Å². The van der Waals surface area contributed by atoms with Crippen molar-refractivity contribution < 1.29 is 4.42 Å². The third-order valence-electron chi connectivity index (χ3n) is 1.62. The molecule has 0 fully saturated rings. The first-order valence-corrected chi connectivity index (χ1v) is 4.98. The van der Waals surface area contributed by atoms with Crippen molar-refractivity contribution in [2.24, 2.45) is 0 Å². The van der Waals surface area contributed by atoms with E-state index in [0.717, 1.165) is 29.4 Å². The van der Waals surface area contributed by atoms with E-state index in [1.54, 1.807) is 12.5 Å². The van der Waals surface area contributed by atoms with Crippen LogP contribution in [-0.2, 0) is 6.42 Å². The molecule has 0 aliphatic rings. The Labute approximate surface area is 80.5 Å². The standard InChI is InChI=1S/C9H9N2OS/c1-2-3-8-11-7(6-12-8)9-10-4-5-13-9/h4,6H,2-3H2,1H3. The molecule has 2 aromatic heterocycles. The van der Waals surface area contributed by atoms with Crippen molar-refractivity contribution in [1.82, 2.24) is 9.97 Å². The molecule has 0 unspecified atom stereocenters. The van der Waals surface area contributed by atoms with Gasteiger partial charge in [-0.1, -0.05) is 6.92 Å². The molecule has 2 aromatic rings. The molecule has 0 N–H and O–H groups in total. The maximum atomic E-state index is 5.27. The lowest BCUT2D eigenvalue weighted by Crippen LogP contribution is -1.82. The van der Waals surface area contributed by atoms with Crippen LogP contribution in [0.4, 0.5) is 0 Å². The van der Waals surface area contributed by atoms with Crippen molar-refractivity contribution in [3.8, 4) is 10.7 Å². The van der Waals surface area contributed by atoms with E-state index >= 15 is 0 Å². The Morgan fingerprint density at radius 2 is 2.54 bits per heavy atom. The molecule has 0 aromatic carbocycles. The van der Waals surface area contributed by atoms with E-state index in [0.29, 0.717) is 0 Å². The summed E-state index contributed by atoms with van der Waals surface area (Å²) >= 11 is 1.45. The summed E-state index contributed by atoms with van der Waals surface area (Å²) < 4.78 is 5.27. The van der Waals surface area contributed by atoms with Gasteiger partial charge in [0.05, 0.1) is 5.38 Å². The first-order valence-electron chi connectivity index (χ1n) is 4.17. The van der Waals surface area contributed by atoms with Gasteiger partial charge in [-0.25, -0.2) is 9.97 Å². The largest absolute Gasteiger partial charge is 0.448 e. The second-order valence-corrected chi connectivity index (χ2v) is 3.49. The lowest BCUT2D eigenvalue weighted by Gasteiger charge is -1.86. The van der Waals surface area contributed by atoms with Crippen LogP contribution in [0.3, 0.4) is 0 Å². The fraction of sp³-hybridized carbons (Fsp3) is 0.333. The minimum atomic E-state index is 0.785. The Morgan fingerprint density at radius 1 is 1.62 bits per heavy atom. The zero-order valence-electron chi connectivity index (χ0n) is 7.28. The summed E-state index contributed by atoms with van der Waals surface area (Å²) in [5.74, 6) is 0.785. The number of nitrogens with zero attached hydrogens (tertiary/aromatic N) is 2. The van der Waals surface area contributed by atoms with Gasteiger partial charge in [0.1, 0.15) is 17.0 Å². The van der Waals surface area contributed by atoms with E-state index in [4.69, 9.17) is 4.42 Å². The lowest BCUT2D eigenvalue weighted by molar-refractivity contribution is 0.491. The van der Waals surface area contributed by atoms with Crippen molar-refractivity contribution in [2.45, 2.75) is 19.8 Å². The molecule has 0 bridgehead atoms. The third-order valence-corrected chi connectivity index (χ3v) is 2.36. The normalized spacial score (nSPS) is 10.5. The van der Waals surface area contributed by atoms with Crippen molar-refractivity contribution in [3.05, 3.63) is 23.7 Å². The molecule has 0 saturated heterocycles. The highest BCUT2D eigenvalue weighted by atomic mass is 32.1. The molecular formula is C9H9N2OS. The first kappa shape index (κ1) is 8.44. The summed E-state index contributed by atoms with van der Waals surface area (Å²) in [6.45, 7) is 2.10. The van der Waals surface area contributed by atoms with Gasteiger partial charge in [-0.2, -0.15) is 0 Å². The van der Waals surface area contributed by atoms with Crippen LogP contribution in [0.25, 0.3) is 10.7 Å².